The zero-order valence-corrected chi connectivity index (χ0v) is 19.5. The van der Waals surface area contributed by atoms with Crippen LogP contribution in [0.15, 0.2) is 18.2 Å². The van der Waals surface area contributed by atoms with Crippen molar-refractivity contribution in [3.63, 3.8) is 0 Å². The Bertz CT molecular complexity index is 1070. The SMILES string of the molecule is CCN(CC)CCNC(=O)c1c(C)[nH]c2c1CCCC2=C1C(=O)Nc2ccc(F)cc21.Cl. The molecule has 2 amide bonds. The van der Waals surface area contributed by atoms with Gasteiger partial charge in [0.1, 0.15) is 5.82 Å². The van der Waals surface area contributed by atoms with Crippen LogP contribution in [0.25, 0.3) is 11.1 Å². The molecule has 8 heteroatoms. The highest BCUT2D eigenvalue weighted by Crippen LogP contribution is 2.43. The first-order valence-corrected chi connectivity index (χ1v) is 11.0. The van der Waals surface area contributed by atoms with Crippen molar-refractivity contribution in [2.75, 3.05) is 31.5 Å². The highest BCUT2D eigenvalue weighted by Gasteiger charge is 2.33. The van der Waals surface area contributed by atoms with E-state index in [4.69, 9.17) is 0 Å². The number of benzene rings is 1. The molecule has 3 N–H and O–H groups in total. The molecule has 0 bridgehead atoms. The minimum atomic E-state index is -0.375. The van der Waals surface area contributed by atoms with Crippen LogP contribution in [-0.2, 0) is 11.2 Å². The van der Waals surface area contributed by atoms with Crippen molar-refractivity contribution >= 4 is 41.1 Å². The van der Waals surface area contributed by atoms with Gasteiger partial charge in [0.25, 0.3) is 11.8 Å². The summed E-state index contributed by atoms with van der Waals surface area (Å²) in [6.07, 6.45) is 2.31. The van der Waals surface area contributed by atoms with E-state index < -0.39 is 0 Å². The van der Waals surface area contributed by atoms with Crippen molar-refractivity contribution in [3.05, 3.63) is 52.1 Å². The molecule has 2 aliphatic rings. The summed E-state index contributed by atoms with van der Waals surface area (Å²) in [7, 11) is 0. The summed E-state index contributed by atoms with van der Waals surface area (Å²) in [5, 5.41) is 5.88. The van der Waals surface area contributed by atoms with E-state index in [2.05, 4.69) is 34.4 Å². The van der Waals surface area contributed by atoms with Crippen LogP contribution in [0.5, 0.6) is 0 Å². The first-order chi connectivity index (χ1) is 14.9. The van der Waals surface area contributed by atoms with E-state index in [0.717, 1.165) is 55.0 Å². The molecule has 0 saturated heterocycles. The Kier molecular flexibility index (Phi) is 7.41. The maximum atomic E-state index is 13.9. The van der Waals surface area contributed by atoms with Crippen molar-refractivity contribution in [1.29, 1.82) is 0 Å². The monoisotopic (exact) mass is 460 g/mol. The molecule has 1 aliphatic heterocycles. The smallest absolute Gasteiger partial charge is 0.256 e. The van der Waals surface area contributed by atoms with Gasteiger partial charge in [-0.25, -0.2) is 4.39 Å². The molecule has 2 heterocycles. The fraction of sp³-hybridized carbons (Fsp3) is 0.417. The summed E-state index contributed by atoms with van der Waals surface area (Å²) in [6, 6.07) is 4.34. The molecule has 0 saturated carbocycles. The lowest BCUT2D eigenvalue weighted by molar-refractivity contribution is -0.110. The quantitative estimate of drug-likeness (QED) is 0.566. The molecule has 32 heavy (non-hydrogen) atoms. The zero-order chi connectivity index (χ0) is 22.1. The maximum absolute atomic E-state index is 13.9. The second kappa shape index (κ2) is 9.88. The Hall–Kier alpha value is -2.64. The van der Waals surface area contributed by atoms with Gasteiger partial charge in [-0.05, 0) is 68.6 Å². The number of fused-ring (bicyclic) bond motifs is 2. The van der Waals surface area contributed by atoms with Crippen LogP contribution in [0.1, 0.15) is 59.6 Å². The van der Waals surface area contributed by atoms with Gasteiger partial charge < -0.3 is 20.5 Å². The number of aryl methyl sites for hydroxylation is 1. The lowest BCUT2D eigenvalue weighted by Crippen LogP contribution is -2.35. The summed E-state index contributed by atoms with van der Waals surface area (Å²) in [5.74, 6) is -0.683. The van der Waals surface area contributed by atoms with E-state index in [0.29, 0.717) is 35.4 Å². The first-order valence-electron chi connectivity index (χ1n) is 11.0. The van der Waals surface area contributed by atoms with Gasteiger partial charge >= 0.3 is 0 Å². The number of likely N-dealkylation sites (N-methyl/N-ethyl adjacent to an activating group) is 1. The molecule has 1 aromatic carbocycles. The minimum absolute atomic E-state index is 0. The molecule has 1 aromatic heterocycles. The van der Waals surface area contributed by atoms with Gasteiger partial charge in [-0.1, -0.05) is 13.8 Å². The van der Waals surface area contributed by atoms with Crippen molar-refractivity contribution in [3.8, 4) is 0 Å². The average Bonchev–Trinajstić information content (AvgIpc) is 3.26. The number of halogens is 2. The van der Waals surface area contributed by atoms with Crippen molar-refractivity contribution in [2.24, 2.45) is 0 Å². The highest BCUT2D eigenvalue weighted by molar-refractivity contribution is 6.36. The number of nitrogens with zero attached hydrogens (tertiary/aromatic N) is 1. The van der Waals surface area contributed by atoms with Crippen molar-refractivity contribution in [1.82, 2.24) is 15.2 Å². The molecule has 0 radical (unpaired) electrons. The topological polar surface area (TPSA) is 77.2 Å². The maximum Gasteiger partial charge on any atom is 0.256 e. The fourth-order valence-electron chi connectivity index (χ4n) is 4.70. The lowest BCUT2D eigenvalue weighted by Gasteiger charge is -2.19. The summed E-state index contributed by atoms with van der Waals surface area (Å²) < 4.78 is 13.9. The fourth-order valence-corrected chi connectivity index (χ4v) is 4.70. The predicted octanol–water partition coefficient (Wildman–Crippen LogP) is 4.15. The second-order valence-corrected chi connectivity index (χ2v) is 8.11. The Morgan fingerprint density at radius 3 is 2.69 bits per heavy atom. The Balaban J connectivity index is 0.00000289. The number of hydrogen-bond donors (Lipinski definition) is 3. The largest absolute Gasteiger partial charge is 0.358 e. The van der Waals surface area contributed by atoms with Crippen molar-refractivity contribution < 1.29 is 14.0 Å². The van der Waals surface area contributed by atoms with E-state index in [1.165, 1.54) is 12.1 Å². The molecule has 0 fully saturated rings. The third-order valence-corrected chi connectivity index (χ3v) is 6.31. The van der Waals surface area contributed by atoms with Gasteiger partial charge in [0.05, 0.1) is 11.1 Å². The van der Waals surface area contributed by atoms with Crippen LogP contribution in [0.4, 0.5) is 10.1 Å². The number of rotatable bonds is 6. The Morgan fingerprint density at radius 1 is 1.22 bits per heavy atom. The van der Waals surface area contributed by atoms with Gasteiger partial charge in [0.15, 0.2) is 0 Å². The number of H-pyrrole nitrogens is 1. The van der Waals surface area contributed by atoms with Crippen LogP contribution in [0.3, 0.4) is 0 Å². The molecular weight excluding hydrogens is 431 g/mol. The number of aromatic nitrogens is 1. The van der Waals surface area contributed by atoms with Crippen LogP contribution in [-0.4, -0.2) is 47.9 Å². The molecule has 172 valence electrons. The lowest BCUT2D eigenvalue weighted by atomic mass is 9.86. The molecule has 0 atom stereocenters. The molecule has 2 aromatic rings. The number of anilines is 1. The van der Waals surface area contributed by atoms with Gasteiger partial charge in [-0.3, -0.25) is 9.59 Å². The summed E-state index contributed by atoms with van der Waals surface area (Å²) in [6.45, 7) is 9.40. The third-order valence-electron chi connectivity index (χ3n) is 6.31. The summed E-state index contributed by atoms with van der Waals surface area (Å²) in [4.78, 5) is 31.4. The average molecular weight is 461 g/mol. The molecule has 1 aliphatic carbocycles. The molecule has 6 nitrogen and oxygen atoms in total. The van der Waals surface area contributed by atoms with Gasteiger partial charge in [-0.15, -0.1) is 12.4 Å². The van der Waals surface area contributed by atoms with Crippen molar-refractivity contribution in [2.45, 2.75) is 40.0 Å². The Labute approximate surface area is 194 Å². The number of aromatic amines is 1. The molecular formula is C24H30ClFN4O2. The summed E-state index contributed by atoms with van der Waals surface area (Å²) in [5.41, 5.74) is 5.82. The zero-order valence-electron chi connectivity index (χ0n) is 18.7. The second-order valence-electron chi connectivity index (χ2n) is 8.11. The standard InChI is InChI=1S/C24H29FN4O2.ClH/c1-4-29(5-2)12-11-26-23(30)20-14(3)27-22-16(20)7-6-8-17(22)21-18-13-15(25)9-10-19(18)28-24(21)31;/h9-10,13,27H,4-8,11-12H2,1-3H3,(H,26,30)(H,28,31);1H. The van der Waals surface area contributed by atoms with E-state index in [1.807, 2.05) is 6.92 Å². The molecule has 4 rings (SSSR count). The van der Waals surface area contributed by atoms with E-state index in [9.17, 15) is 14.0 Å². The van der Waals surface area contributed by atoms with Crippen LogP contribution in [0.2, 0.25) is 0 Å². The van der Waals surface area contributed by atoms with Gasteiger partial charge in [0.2, 0.25) is 0 Å². The van der Waals surface area contributed by atoms with E-state index in [1.54, 1.807) is 6.07 Å². The first kappa shape index (κ1) is 24.0. The number of amides is 2. The number of hydrogen-bond acceptors (Lipinski definition) is 3. The van der Waals surface area contributed by atoms with Crippen LogP contribution in [0, 0.1) is 12.7 Å². The predicted molar refractivity (Wildman–Crippen MR) is 128 cm³/mol. The van der Waals surface area contributed by atoms with E-state index >= 15 is 0 Å². The minimum Gasteiger partial charge on any atom is -0.358 e. The van der Waals surface area contributed by atoms with Crippen LogP contribution < -0.4 is 10.6 Å². The summed E-state index contributed by atoms with van der Waals surface area (Å²) >= 11 is 0. The number of carbonyl (C=O) groups excluding carboxylic acids is 2. The molecule has 0 spiro atoms. The Morgan fingerprint density at radius 2 is 1.97 bits per heavy atom. The highest BCUT2D eigenvalue weighted by atomic mass is 35.5. The van der Waals surface area contributed by atoms with Gasteiger partial charge in [0, 0.05) is 35.7 Å². The van der Waals surface area contributed by atoms with Gasteiger partial charge in [-0.2, -0.15) is 0 Å². The normalized spacial score (nSPS) is 17.0. The molecule has 0 unspecified atom stereocenters. The number of carbonyl (C=O) groups is 2. The third kappa shape index (κ3) is 4.32. The number of allylic oxidation sites excluding steroid dienone is 1. The number of nitrogens with one attached hydrogen (secondary N) is 3. The van der Waals surface area contributed by atoms with Crippen LogP contribution >= 0.6 is 12.4 Å². The van der Waals surface area contributed by atoms with E-state index in [-0.39, 0.29) is 30.0 Å².